The second kappa shape index (κ2) is 11.2. The molecule has 4 rings (SSSR count). The van der Waals surface area contributed by atoms with E-state index in [1.165, 1.54) is 4.90 Å². The maximum atomic E-state index is 12.9. The van der Waals surface area contributed by atoms with Crippen molar-refractivity contribution in [3.63, 3.8) is 0 Å². The summed E-state index contributed by atoms with van der Waals surface area (Å²) in [7, 11) is 0. The standard InChI is InChI=1S/C26H30N2O6/c1-2-6-18-7-3-4-9-23(18)33-16-22(29)19-10-11-24-21(13-19)28(26(31)17-34-24)15-25(30)27-14-20-8-5-12-32-20/h3-4,7,9-11,13,20H,2,5-6,8,12,14-17H2,1H3,(H,27,30). The van der Waals surface area contributed by atoms with E-state index in [9.17, 15) is 14.4 Å². The molecule has 2 aromatic carbocycles. The summed E-state index contributed by atoms with van der Waals surface area (Å²) in [4.78, 5) is 39.3. The van der Waals surface area contributed by atoms with Gasteiger partial charge in [0.25, 0.3) is 5.91 Å². The lowest BCUT2D eigenvalue weighted by Gasteiger charge is -2.29. The fourth-order valence-electron chi connectivity index (χ4n) is 4.13. The van der Waals surface area contributed by atoms with Crippen LogP contribution < -0.4 is 19.7 Å². The van der Waals surface area contributed by atoms with Crippen molar-refractivity contribution in [1.29, 1.82) is 0 Å². The maximum Gasteiger partial charge on any atom is 0.265 e. The molecule has 2 aromatic rings. The Morgan fingerprint density at radius 3 is 2.85 bits per heavy atom. The molecule has 0 radical (unpaired) electrons. The molecule has 0 spiro atoms. The molecule has 0 saturated carbocycles. The fourth-order valence-corrected chi connectivity index (χ4v) is 4.13. The average molecular weight is 467 g/mol. The van der Waals surface area contributed by atoms with Gasteiger partial charge in [0.2, 0.25) is 5.91 Å². The molecular weight excluding hydrogens is 436 g/mol. The molecule has 2 aliphatic heterocycles. The SMILES string of the molecule is CCCc1ccccc1OCC(=O)c1ccc2c(c1)N(CC(=O)NCC1CCCO1)C(=O)CO2. The second-order valence-electron chi connectivity index (χ2n) is 8.46. The number of nitrogens with zero attached hydrogens (tertiary/aromatic N) is 1. The fraction of sp³-hybridized carbons (Fsp3) is 0.423. The third-order valence-electron chi connectivity index (χ3n) is 5.93. The van der Waals surface area contributed by atoms with Crippen LogP contribution in [0.2, 0.25) is 0 Å². The highest BCUT2D eigenvalue weighted by atomic mass is 16.5. The topological polar surface area (TPSA) is 94.2 Å². The van der Waals surface area contributed by atoms with Crippen LogP contribution in [0.5, 0.6) is 11.5 Å². The Labute approximate surface area is 199 Å². The van der Waals surface area contributed by atoms with Gasteiger partial charge in [-0.25, -0.2) is 0 Å². The normalized spacial score (nSPS) is 17.1. The van der Waals surface area contributed by atoms with Crippen LogP contribution in [-0.4, -0.2) is 56.6 Å². The number of benzene rings is 2. The molecule has 1 atom stereocenters. The zero-order valence-corrected chi connectivity index (χ0v) is 19.4. The van der Waals surface area contributed by atoms with Crippen LogP contribution in [0.1, 0.15) is 42.1 Å². The quantitative estimate of drug-likeness (QED) is 0.541. The molecule has 1 unspecified atom stereocenters. The first kappa shape index (κ1) is 23.8. The molecule has 2 heterocycles. The molecule has 1 N–H and O–H groups in total. The Bertz CT molecular complexity index is 1050. The molecule has 2 aliphatic rings. The first-order valence-corrected chi connectivity index (χ1v) is 11.7. The number of fused-ring (bicyclic) bond motifs is 1. The molecule has 34 heavy (non-hydrogen) atoms. The maximum absolute atomic E-state index is 12.9. The van der Waals surface area contributed by atoms with Gasteiger partial charge in [0.15, 0.2) is 19.0 Å². The van der Waals surface area contributed by atoms with Crippen LogP contribution in [0.4, 0.5) is 5.69 Å². The van der Waals surface area contributed by atoms with E-state index in [4.69, 9.17) is 14.2 Å². The molecule has 0 bridgehead atoms. The minimum absolute atomic E-state index is 0.0170. The van der Waals surface area contributed by atoms with E-state index < -0.39 is 0 Å². The number of amides is 2. The van der Waals surface area contributed by atoms with E-state index in [-0.39, 0.29) is 43.5 Å². The summed E-state index contributed by atoms with van der Waals surface area (Å²) in [6.45, 7) is 2.78. The van der Waals surface area contributed by atoms with Crippen LogP contribution in [-0.2, 0) is 20.7 Å². The molecule has 1 fully saturated rings. The number of Topliss-reactive ketones (excluding diaryl/α,β-unsaturated/α-hetero) is 1. The Morgan fingerprint density at radius 2 is 2.06 bits per heavy atom. The number of anilines is 1. The first-order valence-electron chi connectivity index (χ1n) is 11.7. The van der Waals surface area contributed by atoms with Gasteiger partial charge in [-0.2, -0.15) is 0 Å². The molecule has 8 nitrogen and oxygen atoms in total. The van der Waals surface area contributed by atoms with Crippen LogP contribution in [0.3, 0.4) is 0 Å². The summed E-state index contributed by atoms with van der Waals surface area (Å²) in [5.41, 5.74) is 1.85. The summed E-state index contributed by atoms with van der Waals surface area (Å²) in [6, 6.07) is 12.6. The monoisotopic (exact) mass is 466 g/mol. The van der Waals surface area contributed by atoms with Crippen LogP contribution in [0, 0.1) is 0 Å². The predicted octanol–water partition coefficient (Wildman–Crippen LogP) is 2.92. The van der Waals surface area contributed by atoms with Gasteiger partial charge >= 0.3 is 0 Å². The minimum Gasteiger partial charge on any atom is -0.485 e. The van der Waals surface area contributed by atoms with Gasteiger partial charge in [0.1, 0.15) is 18.0 Å². The highest BCUT2D eigenvalue weighted by molar-refractivity contribution is 6.04. The third-order valence-corrected chi connectivity index (χ3v) is 5.93. The number of carbonyl (C=O) groups is 3. The lowest BCUT2D eigenvalue weighted by Crippen LogP contribution is -2.46. The lowest BCUT2D eigenvalue weighted by molar-refractivity contribution is -0.125. The smallest absolute Gasteiger partial charge is 0.265 e. The van der Waals surface area contributed by atoms with E-state index in [1.807, 2.05) is 24.3 Å². The number of ketones is 1. The molecule has 180 valence electrons. The number of aryl methyl sites for hydroxylation is 1. The van der Waals surface area contributed by atoms with Crippen molar-refractivity contribution in [2.75, 3.05) is 37.8 Å². The van der Waals surface area contributed by atoms with Crippen LogP contribution >= 0.6 is 0 Å². The molecule has 8 heteroatoms. The largest absolute Gasteiger partial charge is 0.485 e. The van der Waals surface area contributed by atoms with Crippen molar-refractivity contribution in [2.24, 2.45) is 0 Å². The summed E-state index contributed by atoms with van der Waals surface area (Å²) >= 11 is 0. The Kier molecular flexibility index (Phi) is 7.80. The van der Waals surface area contributed by atoms with Crippen molar-refractivity contribution in [1.82, 2.24) is 5.32 Å². The van der Waals surface area contributed by atoms with Gasteiger partial charge in [-0.15, -0.1) is 0 Å². The number of nitrogens with one attached hydrogen (secondary N) is 1. The van der Waals surface area contributed by atoms with Gasteiger partial charge in [-0.05, 0) is 49.1 Å². The highest BCUT2D eigenvalue weighted by Crippen LogP contribution is 2.33. The highest BCUT2D eigenvalue weighted by Gasteiger charge is 2.29. The molecule has 0 aliphatic carbocycles. The molecule has 0 aromatic heterocycles. The van der Waals surface area contributed by atoms with Crippen molar-refractivity contribution < 1.29 is 28.6 Å². The van der Waals surface area contributed by atoms with E-state index in [0.29, 0.717) is 35.9 Å². The van der Waals surface area contributed by atoms with Gasteiger partial charge in [-0.3, -0.25) is 19.3 Å². The van der Waals surface area contributed by atoms with E-state index in [1.54, 1.807) is 18.2 Å². The van der Waals surface area contributed by atoms with E-state index >= 15 is 0 Å². The molecule has 1 saturated heterocycles. The van der Waals surface area contributed by atoms with Crippen molar-refractivity contribution >= 4 is 23.3 Å². The number of carbonyl (C=O) groups excluding carboxylic acids is 3. The number of hydrogen-bond acceptors (Lipinski definition) is 6. The van der Waals surface area contributed by atoms with Gasteiger partial charge in [-0.1, -0.05) is 31.5 Å². The third kappa shape index (κ3) is 5.75. The van der Waals surface area contributed by atoms with Crippen molar-refractivity contribution in [2.45, 2.75) is 38.7 Å². The zero-order valence-electron chi connectivity index (χ0n) is 19.4. The second-order valence-corrected chi connectivity index (χ2v) is 8.46. The number of para-hydroxylation sites is 1. The minimum atomic E-state index is -0.339. The van der Waals surface area contributed by atoms with Gasteiger partial charge in [0, 0.05) is 18.7 Å². The lowest BCUT2D eigenvalue weighted by atomic mass is 10.1. The van der Waals surface area contributed by atoms with Crippen molar-refractivity contribution in [3.05, 3.63) is 53.6 Å². The summed E-state index contributed by atoms with van der Waals surface area (Å²) in [5, 5.41) is 2.83. The molecule has 2 amide bonds. The Hall–Kier alpha value is -3.39. The van der Waals surface area contributed by atoms with Crippen molar-refractivity contribution in [3.8, 4) is 11.5 Å². The predicted molar refractivity (Wildman–Crippen MR) is 127 cm³/mol. The molecular formula is C26H30N2O6. The number of ether oxygens (including phenoxy) is 3. The summed E-state index contributed by atoms with van der Waals surface area (Å²) in [6.07, 6.45) is 3.76. The summed E-state index contributed by atoms with van der Waals surface area (Å²) in [5.74, 6) is 0.296. The average Bonchev–Trinajstić information content (AvgIpc) is 3.37. The van der Waals surface area contributed by atoms with Crippen LogP contribution in [0.15, 0.2) is 42.5 Å². The summed E-state index contributed by atoms with van der Waals surface area (Å²) < 4.78 is 16.8. The Balaban J connectivity index is 1.42. The van der Waals surface area contributed by atoms with Gasteiger partial charge < -0.3 is 19.5 Å². The van der Waals surface area contributed by atoms with E-state index in [0.717, 1.165) is 31.2 Å². The zero-order chi connectivity index (χ0) is 23.9. The number of hydrogen-bond donors (Lipinski definition) is 1. The first-order chi connectivity index (χ1) is 16.5. The number of rotatable bonds is 10. The van der Waals surface area contributed by atoms with Gasteiger partial charge in [0.05, 0.1) is 11.8 Å². The van der Waals surface area contributed by atoms with E-state index in [2.05, 4.69) is 12.2 Å². The Morgan fingerprint density at radius 1 is 1.21 bits per heavy atom. The van der Waals surface area contributed by atoms with Crippen LogP contribution in [0.25, 0.3) is 0 Å².